The second kappa shape index (κ2) is 6.90. The number of imidazole rings is 1. The lowest BCUT2D eigenvalue weighted by molar-refractivity contribution is 0.551. The topological polar surface area (TPSA) is 42.7 Å². The van der Waals surface area contributed by atoms with Gasteiger partial charge in [-0.2, -0.15) is 0 Å². The average molecular weight is 290 g/mol. The fourth-order valence-corrected chi connectivity index (χ4v) is 2.68. The van der Waals surface area contributed by atoms with Crippen molar-refractivity contribution >= 4 is 11.8 Å². The highest BCUT2D eigenvalue weighted by Crippen LogP contribution is 2.26. The average Bonchev–Trinajstić information content (AvgIpc) is 2.78. The van der Waals surface area contributed by atoms with Crippen molar-refractivity contribution in [3.8, 4) is 0 Å². The van der Waals surface area contributed by atoms with E-state index in [0.717, 1.165) is 23.3 Å². The van der Waals surface area contributed by atoms with Gasteiger partial charge in [0, 0.05) is 32.2 Å². The Balaban J connectivity index is 2.01. The van der Waals surface area contributed by atoms with Crippen LogP contribution >= 0.6 is 11.8 Å². The molecule has 2 aromatic rings. The molecule has 108 valence electrons. The molecule has 0 saturated heterocycles. The molecule has 0 aliphatic rings. The standard InChI is InChI=1S/C15H22N4S/c1-11(2)8-16-9-13-7-12(3)14(18-10-13)20-15-17-5-6-19(15)4/h5-7,10-11,16H,8-9H2,1-4H3. The van der Waals surface area contributed by atoms with Crippen LogP contribution in [0.2, 0.25) is 0 Å². The third-order valence-corrected chi connectivity index (χ3v) is 4.13. The minimum Gasteiger partial charge on any atom is -0.329 e. The van der Waals surface area contributed by atoms with E-state index in [1.165, 1.54) is 11.1 Å². The van der Waals surface area contributed by atoms with Crippen LogP contribution in [-0.4, -0.2) is 21.1 Å². The van der Waals surface area contributed by atoms with Gasteiger partial charge in [-0.15, -0.1) is 0 Å². The van der Waals surface area contributed by atoms with Crippen LogP contribution in [0.5, 0.6) is 0 Å². The van der Waals surface area contributed by atoms with Gasteiger partial charge < -0.3 is 9.88 Å². The number of hydrogen-bond donors (Lipinski definition) is 1. The van der Waals surface area contributed by atoms with Crippen molar-refractivity contribution in [3.63, 3.8) is 0 Å². The minimum absolute atomic E-state index is 0.669. The molecule has 0 aromatic carbocycles. The van der Waals surface area contributed by atoms with Gasteiger partial charge >= 0.3 is 0 Å². The second-order valence-electron chi connectivity index (χ2n) is 5.41. The Hall–Kier alpha value is -1.33. The molecule has 0 aliphatic heterocycles. The second-order valence-corrected chi connectivity index (χ2v) is 6.37. The van der Waals surface area contributed by atoms with Gasteiger partial charge in [0.25, 0.3) is 0 Å². The lowest BCUT2D eigenvalue weighted by Crippen LogP contribution is -2.19. The van der Waals surface area contributed by atoms with Gasteiger partial charge in [0.2, 0.25) is 0 Å². The molecule has 0 unspecified atom stereocenters. The van der Waals surface area contributed by atoms with E-state index >= 15 is 0 Å². The van der Waals surface area contributed by atoms with Gasteiger partial charge in [-0.1, -0.05) is 19.9 Å². The summed E-state index contributed by atoms with van der Waals surface area (Å²) in [7, 11) is 1.99. The van der Waals surface area contributed by atoms with E-state index in [2.05, 4.69) is 42.1 Å². The molecular weight excluding hydrogens is 268 g/mol. The molecule has 0 atom stereocenters. The number of aromatic nitrogens is 3. The van der Waals surface area contributed by atoms with Crippen molar-refractivity contribution < 1.29 is 0 Å². The molecule has 0 aliphatic carbocycles. The Bertz CT molecular complexity index is 563. The molecule has 0 saturated carbocycles. The highest BCUT2D eigenvalue weighted by atomic mass is 32.2. The van der Waals surface area contributed by atoms with Crippen molar-refractivity contribution in [2.45, 2.75) is 37.5 Å². The summed E-state index contributed by atoms with van der Waals surface area (Å²) >= 11 is 1.61. The predicted octanol–water partition coefficient (Wildman–Crippen LogP) is 3.02. The molecule has 2 rings (SSSR count). The molecule has 2 aromatic heterocycles. The quantitative estimate of drug-likeness (QED) is 0.888. The fraction of sp³-hybridized carbons (Fsp3) is 0.467. The predicted molar refractivity (Wildman–Crippen MR) is 82.8 cm³/mol. The van der Waals surface area contributed by atoms with Crippen LogP contribution in [0.3, 0.4) is 0 Å². The lowest BCUT2D eigenvalue weighted by atomic mass is 10.2. The van der Waals surface area contributed by atoms with Gasteiger partial charge in [0.05, 0.1) is 0 Å². The third kappa shape index (κ3) is 4.08. The van der Waals surface area contributed by atoms with Gasteiger partial charge in [-0.05, 0) is 42.3 Å². The number of hydrogen-bond acceptors (Lipinski definition) is 4. The molecule has 0 spiro atoms. The monoisotopic (exact) mass is 290 g/mol. The van der Waals surface area contributed by atoms with Crippen molar-refractivity contribution in [1.29, 1.82) is 0 Å². The van der Waals surface area contributed by atoms with E-state index in [4.69, 9.17) is 0 Å². The van der Waals surface area contributed by atoms with Gasteiger partial charge in [0.15, 0.2) is 5.16 Å². The van der Waals surface area contributed by atoms with E-state index in [1.54, 1.807) is 11.8 Å². The van der Waals surface area contributed by atoms with E-state index in [0.29, 0.717) is 5.92 Å². The molecule has 5 heteroatoms. The van der Waals surface area contributed by atoms with Gasteiger partial charge in [-0.25, -0.2) is 9.97 Å². The van der Waals surface area contributed by atoms with Crippen LogP contribution in [0.4, 0.5) is 0 Å². The lowest BCUT2D eigenvalue weighted by Gasteiger charge is -2.09. The SMILES string of the molecule is Cc1cc(CNCC(C)C)cnc1Sc1nccn1C. The zero-order chi connectivity index (χ0) is 14.5. The molecule has 0 amide bonds. The molecule has 20 heavy (non-hydrogen) atoms. The van der Waals surface area contributed by atoms with E-state index < -0.39 is 0 Å². The molecule has 0 bridgehead atoms. The van der Waals surface area contributed by atoms with Crippen LogP contribution in [0, 0.1) is 12.8 Å². The van der Waals surface area contributed by atoms with E-state index in [1.807, 2.05) is 30.2 Å². The number of nitrogens with zero attached hydrogens (tertiary/aromatic N) is 3. The summed E-state index contributed by atoms with van der Waals surface area (Å²) in [5, 5.41) is 5.42. The number of pyridine rings is 1. The van der Waals surface area contributed by atoms with Crippen LogP contribution < -0.4 is 5.32 Å². The van der Waals surface area contributed by atoms with Crippen molar-refractivity contribution in [2.75, 3.05) is 6.54 Å². The number of aryl methyl sites for hydroxylation is 2. The molecule has 0 fully saturated rings. The normalized spacial score (nSPS) is 11.2. The minimum atomic E-state index is 0.669. The Kier molecular flexibility index (Phi) is 5.20. The first-order valence-corrected chi connectivity index (χ1v) is 7.69. The first-order chi connectivity index (χ1) is 9.56. The summed E-state index contributed by atoms with van der Waals surface area (Å²) in [5.74, 6) is 0.669. The van der Waals surface area contributed by atoms with Gasteiger partial charge in [0.1, 0.15) is 5.03 Å². The summed E-state index contributed by atoms with van der Waals surface area (Å²) in [4.78, 5) is 8.88. The number of nitrogens with one attached hydrogen (secondary N) is 1. The van der Waals surface area contributed by atoms with Crippen molar-refractivity contribution in [3.05, 3.63) is 35.8 Å². The Morgan fingerprint density at radius 2 is 2.15 bits per heavy atom. The largest absolute Gasteiger partial charge is 0.329 e. The maximum atomic E-state index is 4.56. The Morgan fingerprint density at radius 3 is 2.75 bits per heavy atom. The number of rotatable bonds is 6. The first-order valence-electron chi connectivity index (χ1n) is 6.87. The summed E-state index contributed by atoms with van der Waals surface area (Å²) in [6.45, 7) is 8.43. The Morgan fingerprint density at radius 1 is 1.35 bits per heavy atom. The molecule has 2 heterocycles. The van der Waals surface area contributed by atoms with Crippen molar-refractivity contribution in [1.82, 2.24) is 19.9 Å². The molecule has 0 radical (unpaired) electrons. The third-order valence-electron chi connectivity index (χ3n) is 2.93. The highest BCUT2D eigenvalue weighted by molar-refractivity contribution is 7.99. The molecular formula is C15H22N4S. The molecule has 1 N–H and O–H groups in total. The maximum absolute atomic E-state index is 4.56. The summed E-state index contributed by atoms with van der Waals surface area (Å²) < 4.78 is 2.00. The smallest absolute Gasteiger partial charge is 0.174 e. The zero-order valence-corrected chi connectivity index (χ0v) is 13.4. The van der Waals surface area contributed by atoms with Crippen LogP contribution in [0.15, 0.2) is 34.8 Å². The maximum Gasteiger partial charge on any atom is 0.174 e. The fourth-order valence-electron chi connectivity index (χ4n) is 1.87. The summed E-state index contributed by atoms with van der Waals surface area (Å²) in [5.41, 5.74) is 2.43. The summed E-state index contributed by atoms with van der Waals surface area (Å²) in [6, 6.07) is 2.20. The van der Waals surface area contributed by atoms with Gasteiger partial charge in [-0.3, -0.25) is 0 Å². The van der Waals surface area contributed by atoms with E-state index in [-0.39, 0.29) is 0 Å². The highest BCUT2D eigenvalue weighted by Gasteiger charge is 2.07. The molecule has 4 nitrogen and oxygen atoms in total. The van der Waals surface area contributed by atoms with Crippen molar-refractivity contribution in [2.24, 2.45) is 13.0 Å². The van der Waals surface area contributed by atoms with Crippen LogP contribution in [0.1, 0.15) is 25.0 Å². The van der Waals surface area contributed by atoms with Crippen LogP contribution in [0.25, 0.3) is 0 Å². The van der Waals surface area contributed by atoms with E-state index in [9.17, 15) is 0 Å². The Labute approximate surface area is 125 Å². The van der Waals surface area contributed by atoms with Crippen LogP contribution in [-0.2, 0) is 13.6 Å². The summed E-state index contributed by atoms with van der Waals surface area (Å²) in [6.07, 6.45) is 5.70. The first kappa shape index (κ1) is 15.1. The zero-order valence-electron chi connectivity index (χ0n) is 12.6.